The number of tetrazole rings is 1. The summed E-state index contributed by atoms with van der Waals surface area (Å²) in [5.41, 5.74) is 0. The van der Waals surface area contributed by atoms with Gasteiger partial charge < -0.3 is 5.32 Å². The maximum atomic E-state index is 12.2. The molecule has 142 valence electrons. The predicted octanol–water partition coefficient (Wildman–Crippen LogP) is -0.644. The SMILES string of the molecule is CS(=O)(=O)CCN1C[C@H](NC(=O)CCn2cnnn2)[C@@H](C2CC2)C1.Cl. The zero-order valence-corrected chi connectivity index (χ0v) is 15.9. The van der Waals surface area contributed by atoms with Crippen LogP contribution in [0.3, 0.4) is 0 Å². The molecule has 2 atom stereocenters. The summed E-state index contributed by atoms with van der Waals surface area (Å²) in [6, 6.07) is 0.110. The Kier molecular flexibility index (Phi) is 6.75. The average molecular weight is 393 g/mol. The first-order chi connectivity index (χ1) is 11.4. The maximum Gasteiger partial charge on any atom is 0.222 e. The van der Waals surface area contributed by atoms with Gasteiger partial charge in [0.05, 0.1) is 12.3 Å². The Morgan fingerprint density at radius 3 is 2.64 bits per heavy atom. The van der Waals surface area contributed by atoms with Crippen LogP contribution in [0.15, 0.2) is 6.33 Å². The lowest BCUT2D eigenvalue weighted by Crippen LogP contribution is -2.41. The van der Waals surface area contributed by atoms with Crippen LogP contribution in [0.2, 0.25) is 0 Å². The van der Waals surface area contributed by atoms with Crippen molar-refractivity contribution in [1.29, 1.82) is 0 Å². The van der Waals surface area contributed by atoms with Crippen LogP contribution < -0.4 is 5.32 Å². The molecule has 11 heteroatoms. The Balaban J connectivity index is 0.00000225. The molecule has 9 nitrogen and oxygen atoms in total. The van der Waals surface area contributed by atoms with E-state index in [0.717, 1.165) is 13.1 Å². The van der Waals surface area contributed by atoms with Gasteiger partial charge in [-0.2, -0.15) is 0 Å². The summed E-state index contributed by atoms with van der Waals surface area (Å²) in [7, 11) is -2.96. The number of aryl methyl sites for hydroxylation is 1. The number of aromatic nitrogens is 4. The summed E-state index contributed by atoms with van der Waals surface area (Å²) in [4.78, 5) is 14.4. The first kappa shape index (κ1) is 20.1. The fraction of sp³-hybridized carbons (Fsp3) is 0.857. The summed E-state index contributed by atoms with van der Waals surface area (Å²) >= 11 is 0. The number of hydrogen-bond acceptors (Lipinski definition) is 7. The maximum absolute atomic E-state index is 12.2. The van der Waals surface area contributed by atoms with E-state index >= 15 is 0 Å². The zero-order valence-electron chi connectivity index (χ0n) is 14.2. The van der Waals surface area contributed by atoms with Crippen molar-refractivity contribution in [2.45, 2.75) is 31.8 Å². The molecule has 25 heavy (non-hydrogen) atoms. The van der Waals surface area contributed by atoms with Gasteiger partial charge in [-0.3, -0.25) is 9.69 Å². The number of likely N-dealkylation sites (tertiary alicyclic amines) is 1. The molecule has 0 spiro atoms. The molecule has 1 aromatic heterocycles. The second kappa shape index (κ2) is 8.41. The van der Waals surface area contributed by atoms with Crippen molar-refractivity contribution in [2.24, 2.45) is 11.8 Å². The molecule has 1 aromatic rings. The first-order valence-corrected chi connectivity index (χ1v) is 10.4. The lowest BCUT2D eigenvalue weighted by molar-refractivity contribution is -0.122. The predicted molar refractivity (Wildman–Crippen MR) is 94.0 cm³/mol. The van der Waals surface area contributed by atoms with Crippen molar-refractivity contribution < 1.29 is 13.2 Å². The molecule has 1 saturated carbocycles. The summed E-state index contributed by atoms with van der Waals surface area (Å²) in [5, 5.41) is 14.0. The van der Waals surface area contributed by atoms with E-state index in [1.165, 1.54) is 30.1 Å². The van der Waals surface area contributed by atoms with E-state index in [1.54, 1.807) is 0 Å². The topological polar surface area (TPSA) is 110 Å². The quantitative estimate of drug-likeness (QED) is 0.626. The van der Waals surface area contributed by atoms with Gasteiger partial charge in [-0.15, -0.1) is 17.5 Å². The molecule has 2 fully saturated rings. The third-order valence-corrected chi connectivity index (χ3v) is 5.68. The van der Waals surface area contributed by atoms with Crippen molar-refractivity contribution in [3.63, 3.8) is 0 Å². The van der Waals surface area contributed by atoms with Gasteiger partial charge in [-0.1, -0.05) is 0 Å². The number of carbonyl (C=O) groups excluding carboxylic acids is 1. The van der Waals surface area contributed by atoms with Gasteiger partial charge in [-0.05, 0) is 35.1 Å². The summed E-state index contributed by atoms with van der Waals surface area (Å²) in [6.07, 6.45) is 5.51. The van der Waals surface area contributed by atoms with E-state index in [-0.39, 0.29) is 30.1 Å². The lowest BCUT2D eigenvalue weighted by atomic mass is 9.98. The minimum Gasteiger partial charge on any atom is -0.352 e. The smallest absolute Gasteiger partial charge is 0.222 e. The van der Waals surface area contributed by atoms with Crippen molar-refractivity contribution in [3.8, 4) is 0 Å². The first-order valence-electron chi connectivity index (χ1n) is 8.31. The van der Waals surface area contributed by atoms with Crippen LogP contribution in [0.5, 0.6) is 0 Å². The monoisotopic (exact) mass is 392 g/mol. The zero-order chi connectivity index (χ0) is 17.2. The number of nitrogens with zero attached hydrogens (tertiary/aromatic N) is 5. The molecule has 1 N–H and O–H groups in total. The highest BCUT2D eigenvalue weighted by molar-refractivity contribution is 7.90. The van der Waals surface area contributed by atoms with Crippen LogP contribution in [-0.4, -0.2) is 77.1 Å². The van der Waals surface area contributed by atoms with Gasteiger partial charge in [-0.25, -0.2) is 13.1 Å². The van der Waals surface area contributed by atoms with Crippen LogP contribution in [0.1, 0.15) is 19.3 Å². The Hall–Kier alpha value is -1.26. The molecular weight excluding hydrogens is 368 g/mol. The highest BCUT2D eigenvalue weighted by atomic mass is 35.5. The van der Waals surface area contributed by atoms with Crippen molar-refractivity contribution in [3.05, 3.63) is 6.33 Å². The fourth-order valence-electron chi connectivity index (χ4n) is 3.32. The second-order valence-corrected chi connectivity index (χ2v) is 9.15. The third kappa shape index (κ3) is 6.19. The number of sulfone groups is 1. The lowest BCUT2D eigenvalue weighted by Gasteiger charge is -2.19. The Bertz CT molecular complexity index is 664. The van der Waals surface area contributed by atoms with Crippen LogP contribution in [0.4, 0.5) is 0 Å². The number of halogens is 1. The van der Waals surface area contributed by atoms with Crippen LogP contribution in [0.25, 0.3) is 0 Å². The van der Waals surface area contributed by atoms with Crippen molar-refractivity contribution >= 4 is 28.2 Å². The van der Waals surface area contributed by atoms with Crippen LogP contribution in [-0.2, 0) is 21.2 Å². The summed E-state index contributed by atoms with van der Waals surface area (Å²) < 4.78 is 24.2. The molecule has 3 rings (SSSR count). The van der Waals surface area contributed by atoms with Crippen molar-refractivity contribution in [2.75, 3.05) is 31.6 Å². The number of rotatable bonds is 8. The van der Waals surface area contributed by atoms with Gasteiger partial charge in [0.25, 0.3) is 0 Å². The highest BCUT2D eigenvalue weighted by Gasteiger charge is 2.42. The fourth-order valence-corrected chi connectivity index (χ4v) is 3.91. The molecule has 0 unspecified atom stereocenters. The normalized spacial score (nSPS) is 24.0. The second-order valence-electron chi connectivity index (χ2n) is 6.89. The van der Waals surface area contributed by atoms with Crippen LogP contribution in [0, 0.1) is 11.8 Å². The molecule has 1 amide bonds. The molecule has 2 aliphatic rings. The standard InChI is InChI=1S/C14H24N6O3S.ClH/c1-24(22,23)7-6-19-8-12(11-2-3-11)13(9-19)16-14(21)4-5-20-10-15-17-18-20;/h10-13H,2-9H2,1H3,(H,16,21);1H/t12-,13+;/m1./s1. The van der Waals surface area contributed by atoms with Gasteiger partial charge in [0.2, 0.25) is 5.91 Å². The summed E-state index contributed by atoms with van der Waals surface area (Å²) in [5.74, 6) is 1.26. The van der Waals surface area contributed by atoms with Crippen LogP contribution >= 0.6 is 12.4 Å². The number of carbonyl (C=O) groups is 1. The molecule has 1 aliphatic carbocycles. The van der Waals surface area contributed by atoms with E-state index in [2.05, 4.69) is 25.7 Å². The van der Waals surface area contributed by atoms with E-state index in [9.17, 15) is 13.2 Å². The molecule has 0 bridgehead atoms. The highest BCUT2D eigenvalue weighted by Crippen LogP contribution is 2.41. The molecule has 0 radical (unpaired) electrons. The minimum absolute atomic E-state index is 0. The average Bonchev–Trinajstić information content (AvgIpc) is 3.07. The molecule has 0 aromatic carbocycles. The van der Waals surface area contributed by atoms with Gasteiger partial charge in [0.1, 0.15) is 16.2 Å². The Morgan fingerprint density at radius 1 is 1.28 bits per heavy atom. The van der Waals surface area contributed by atoms with E-state index < -0.39 is 9.84 Å². The number of hydrogen-bond donors (Lipinski definition) is 1. The number of amides is 1. The molecule has 1 aliphatic heterocycles. The van der Waals surface area contributed by atoms with Gasteiger partial charge >= 0.3 is 0 Å². The Morgan fingerprint density at radius 2 is 2.04 bits per heavy atom. The van der Waals surface area contributed by atoms with Crippen molar-refractivity contribution in [1.82, 2.24) is 30.4 Å². The third-order valence-electron chi connectivity index (χ3n) is 4.75. The molecular formula is C14H25ClN6O3S. The van der Waals surface area contributed by atoms with E-state index in [1.807, 2.05) is 0 Å². The van der Waals surface area contributed by atoms with Gasteiger partial charge in [0, 0.05) is 38.4 Å². The van der Waals surface area contributed by atoms with E-state index in [0.29, 0.717) is 31.3 Å². The van der Waals surface area contributed by atoms with Gasteiger partial charge in [0.15, 0.2) is 0 Å². The molecule has 1 saturated heterocycles. The van der Waals surface area contributed by atoms with E-state index in [4.69, 9.17) is 0 Å². The Labute approximate surface area is 153 Å². The summed E-state index contributed by atoms with van der Waals surface area (Å²) in [6.45, 7) is 2.60. The molecule has 2 heterocycles. The largest absolute Gasteiger partial charge is 0.352 e. The number of nitrogens with one attached hydrogen (secondary N) is 1. The minimum atomic E-state index is -2.96.